The predicted octanol–water partition coefficient (Wildman–Crippen LogP) is 6.88. The van der Waals surface area contributed by atoms with Gasteiger partial charge in [0.2, 0.25) is 0 Å². The number of hydrogen-bond acceptors (Lipinski definition) is 4. The maximum atomic E-state index is 12.7. The summed E-state index contributed by atoms with van der Waals surface area (Å²) in [6.45, 7) is 3.23. The maximum Gasteiger partial charge on any atom is 0.263 e. The average Bonchev–Trinajstić information content (AvgIpc) is 2.70. The third-order valence-corrected chi connectivity index (χ3v) is 6.89. The number of nitrogens with one attached hydrogen (secondary N) is 1. The van der Waals surface area contributed by atoms with Gasteiger partial charge in [0.15, 0.2) is 0 Å². The molecule has 5 nitrogen and oxygen atoms in total. The van der Waals surface area contributed by atoms with Crippen LogP contribution in [0.2, 0.25) is 10.0 Å². The topological polar surface area (TPSA) is 68.3 Å². The van der Waals surface area contributed by atoms with E-state index in [1.54, 1.807) is 13.1 Å². The van der Waals surface area contributed by atoms with Crippen molar-refractivity contribution in [1.29, 1.82) is 0 Å². The summed E-state index contributed by atoms with van der Waals surface area (Å²) >= 11 is 24.6. The number of allylic oxidation sites excluding steroid dienone is 4. The summed E-state index contributed by atoms with van der Waals surface area (Å²) < 4.78 is 33.7. The van der Waals surface area contributed by atoms with Crippen molar-refractivity contribution in [1.82, 2.24) is 9.71 Å². The number of pyridine rings is 1. The number of fused-ring (bicyclic) bond motifs is 1. The van der Waals surface area contributed by atoms with Gasteiger partial charge < -0.3 is 4.74 Å². The quantitative estimate of drug-likeness (QED) is 0.205. The van der Waals surface area contributed by atoms with Crippen LogP contribution >= 0.6 is 46.4 Å². The van der Waals surface area contributed by atoms with Crippen LogP contribution in [-0.2, 0) is 10.0 Å². The fourth-order valence-electron chi connectivity index (χ4n) is 2.80. The van der Waals surface area contributed by atoms with Crippen LogP contribution < -0.4 is 9.46 Å². The zero-order valence-electron chi connectivity index (χ0n) is 16.9. The number of aromatic nitrogens is 1. The first-order valence-electron chi connectivity index (χ1n) is 9.29. The number of hydrogen-bond donors (Lipinski definition) is 1. The molecular weight excluding hydrogens is 514 g/mol. The van der Waals surface area contributed by atoms with Gasteiger partial charge in [-0.15, -0.1) is 11.6 Å². The molecule has 0 unspecified atom stereocenters. The second kappa shape index (κ2) is 10.3. The van der Waals surface area contributed by atoms with Gasteiger partial charge in [0.25, 0.3) is 10.0 Å². The molecule has 32 heavy (non-hydrogen) atoms. The molecule has 0 saturated carbocycles. The van der Waals surface area contributed by atoms with Gasteiger partial charge in [-0.25, -0.2) is 8.42 Å². The summed E-state index contributed by atoms with van der Waals surface area (Å²) in [4.78, 5) is 4.24. The van der Waals surface area contributed by atoms with Crippen LogP contribution in [0.4, 0.5) is 0 Å². The molecule has 0 aliphatic carbocycles. The van der Waals surface area contributed by atoms with E-state index in [2.05, 4.69) is 9.71 Å². The first-order valence-corrected chi connectivity index (χ1v) is 12.3. The molecule has 3 rings (SSSR count). The maximum absolute atomic E-state index is 12.7. The molecule has 3 aromatic rings. The van der Waals surface area contributed by atoms with Gasteiger partial charge >= 0.3 is 0 Å². The monoisotopic (exact) mass is 530 g/mol. The fraction of sp³-hybridized carbons (Fsp3) is 0.136. The molecule has 2 aromatic carbocycles. The van der Waals surface area contributed by atoms with E-state index < -0.39 is 15.4 Å². The summed E-state index contributed by atoms with van der Waals surface area (Å²) in [5.74, 6) is 0.692. The minimum absolute atomic E-state index is 0.00152. The number of halogens is 4. The molecule has 0 amide bonds. The fourth-order valence-corrected chi connectivity index (χ4v) is 5.26. The number of nitrogens with zero attached hydrogens (tertiary/aromatic N) is 1. The SMILES string of the molecule is C/C(=C\C(Cl)=C(\Oc1cnc2ccccc2c1)[C@H](C)Cl)NS(=O)(=O)c1ccc(Cl)cc1Cl. The summed E-state index contributed by atoms with van der Waals surface area (Å²) in [6, 6.07) is 13.5. The highest BCUT2D eigenvalue weighted by Crippen LogP contribution is 2.28. The Labute approximate surface area is 206 Å². The first-order chi connectivity index (χ1) is 15.1. The van der Waals surface area contributed by atoms with E-state index in [4.69, 9.17) is 51.1 Å². The number of para-hydroxylation sites is 1. The van der Waals surface area contributed by atoms with Crippen LogP contribution in [0.1, 0.15) is 13.8 Å². The van der Waals surface area contributed by atoms with E-state index in [9.17, 15) is 8.42 Å². The number of ether oxygens (including phenoxy) is 1. The molecule has 168 valence electrons. The molecule has 0 saturated heterocycles. The van der Waals surface area contributed by atoms with Crippen LogP contribution in [0.5, 0.6) is 5.75 Å². The second-order valence-electron chi connectivity index (χ2n) is 6.80. The predicted molar refractivity (Wildman–Crippen MR) is 131 cm³/mol. The smallest absolute Gasteiger partial charge is 0.263 e. The van der Waals surface area contributed by atoms with E-state index in [1.807, 2.05) is 30.3 Å². The first kappa shape index (κ1) is 24.7. The summed E-state index contributed by atoms with van der Waals surface area (Å²) in [5, 5.41) is 0.750. The Bertz CT molecular complexity index is 1320. The van der Waals surface area contributed by atoms with Crippen molar-refractivity contribution < 1.29 is 13.2 Å². The molecule has 0 bridgehead atoms. The van der Waals surface area contributed by atoms with Gasteiger partial charge in [-0.3, -0.25) is 9.71 Å². The van der Waals surface area contributed by atoms with Gasteiger partial charge in [-0.2, -0.15) is 0 Å². The third-order valence-electron chi connectivity index (χ3n) is 4.21. The lowest BCUT2D eigenvalue weighted by Gasteiger charge is -2.15. The van der Waals surface area contributed by atoms with Crippen molar-refractivity contribution in [2.45, 2.75) is 24.1 Å². The Morgan fingerprint density at radius 3 is 2.56 bits per heavy atom. The molecule has 0 spiro atoms. The van der Waals surface area contributed by atoms with E-state index in [-0.39, 0.29) is 26.4 Å². The van der Waals surface area contributed by atoms with Crippen molar-refractivity contribution in [2.75, 3.05) is 0 Å². The highest BCUT2D eigenvalue weighted by molar-refractivity contribution is 7.89. The van der Waals surface area contributed by atoms with Crippen molar-refractivity contribution in [2.24, 2.45) is 0 Å². The normalized spacial score (nSPS) is 14.1. The number of alkyl halides is 1. The van der Waals surface area contributed by atoms with Crippen molar-refractivity contribution in [3.63, 3.8) is 0 Å². The van der Waals surface area contributed by atoms with Gasteiger partial charge in [-0.05, 0) is 50.3 Å². The number of sulfonamides is 1. The van der Waals surface area contributed by atoms with Gasteiger partial charge in [-0.1, -0.05) is 53.0 Å². The molecule has 1 N–H and O–H groups in total. The van der Waals surface area contributed by atoms with Gasteiger partial charge in [0.05, 0.1) is 27.1 Å². The van der Waals surface area contributed by atoms with Crippen LogP contribution in [-0.4, -0.2) is 18.8 Å². The molecule has 0 radical (unpaired) electrons. The molecule has 10 heteroatoms. The minimum Gasteiger partial charge on any atom is -0.457 e. The van der Waals surface area contributed by atoms with E-state index in [0.717, 1.165) is 10.9 Å². The van der Waals surface area contributed by atoms with Crippen molar-refractivity contribution in [3.8, 4) is 5.75 Å². The molecule has 1 heterocycles. The summed E-state index contributed by atoms with van der Waals surface area (Å²) in [7, 11) is -3.96. The summed E-state index contributed by atoms with van der Waals surface area (Å²) in [6.07, 6.45) is 2.97. The Morgan fingerprint density at radius 2 is 1.88 bits per heavy atom. The highest BCUT2D eigenvalue weighted by atomic mass is 35.5. The Balaban J connectivity index is 1.87. The van der Waals surface area contributed by atoms with E-state index in [1.165, 1.54) is 31.2 Å². The largest absolute Gasteiger partial charge is 0.457 e. The average molecular weight is 532 g/mol. The van der Waals surface area contributed by atoms with Crippen molar-refractivity contribution in [3.05, 3.63) is 87.3 Å². The number of benzene rings is 2. The van der Waals surface area contributed by atoms with E-state index >= 15 is 0 Å². The molecule has 0 aliphatic heterocycles. The Hall–Kier alpha value is -1.96. The molecule has 0 aliphatic rings. The van der Waals surface area contributed by atoms with Gasteiger partial charge in [0, 0.05) is 16.1 Å². The second-order valence-corrected chi connectivity index (χ2v) is 10.4. The van der Waals surface area contributed by atoms with Crippen LogP contribution in [0.25, 0.3) is 10.9 Å². The van der Waals surface area contributed by atoms with E-state index in [0.29, 0.717) is 10.8 Å². The lowest BCUT2D eigenvalue weighted by atomic mass is 10.2. The zero-order valence-corrected chi connectivity index (χ0v) is 20.8. The third kappa shape index (κ3) is 6.09. The molecule has 1 aromatic heterocycles. The molecule has 1 atom stereocenters. The summed E-state index contributed by atoms with van der Waals surface area (Å²) in [5.41, 5.74) is 1.05. The zero-order chi connectivity index (χ0) is 23.5. The lowest BCUT2D eigenvalue weighted by molar-refractivity contribution is 0.409. The lowest BCUT2D eigenvalue weighted by Crippen LogP contribution is -2.22. The standard InChI is InChI=1S/C22H18Cl4N2O3S/c1-13(28-32(29,30)21-8-7-16(24)11-18(21)25)9-19(26)22(14(2)23)31-17-10-15-5-3-4-6-20(15)27-12-17/h3-12,14,28H,1-2H3/b13-9+,22-19-/t14-/m0/s1. The van der Waals surface area contributed by atoms with Crippen LogP contribution in [0.3, 0.4) is 0 Å². The number of rotatable bonds is 7. The molecule has 0 fully saturated rings. The highest BCUT2D eigenvalue weighted by Gasteiger charge is 2.19. The van der Waals surface area contributed by atoms with Gasteiger partial charge in [0.1, 0.15) is 16.4 Å². The Morgan fingerprint density at radius 1 is 1.16 bits per heavy atom. The van der Waals surface area contributed by atoms with Crippen molar-refractivity contribution >= 4 is 67.3 Å². The van der Waals surface area contributed by atoms with Crippen LogP contribution in [0, 0.1) is 0 Å². The Kier molecular flexibility index (Phi) is 7.96. The van der Waals surface area contributed by atoms with Crippen LogP contribution in [0.15, 0.2) is 82.2 Å². The molecular formula is C22H18Cl4N2O3S. The minimum atomic E-state index is -3.96.